The van der Waals surface area contributed by atoms with Crippen LogP contribution >= 0.6 is 0 Å². The molecule has 0 bridgehead atoms. The Hall–Kier alpha value is -2.87. The first-order valence-corrected chi connectivity index (χ1v) is 10.2. The molecule has 1 aliphatic rings. The minimum absolute atomic E-state index is 0.102. The van der Waals surface area contributed by atoms with Crippen LogP contribution in [0.25, 0.3) is 0 Å². The van der Waals surface area contributed by atoms with E-state index in [0.717, 1.165) is 6.26 Å². The van der Waals surface area contributed by atoms with Crippen molar-refractivity contribution >= 4 is 33.0 Å². The Kier molecular flexibility index (Phi) is 5.18. The Morgan fingerprint density at radius 1 is 1.15 bits per heavy atom. The maximum atomic E-state index is 12.5. The molecule has 1 aliphatic heterocycles. The highest BCUT2D eigenvalue weighted by Gasteiger charge is 2.36. The molecule has 3 rings (SSSR count). The van der Waals surface area contributed by atoms with E-state index in [1.54, 1.807) is 17.0 Å². The van der Waals surface area contributed by atoms with Crippen LogP contribution in [0.4, 0.5) is 11.4 Å². The smallest absolute Gasteiger partial charge is 0.229 e. The molecule has 0 saturated carbocycles. The lowest BCUT2D eigenvalue weighted by atomic mass is 10.1. The first-order valence-electron chi connectivity index (χ1n) is 8.34. The van der Waals surface area contributed by atoms with E-state index >= 15 is 0 Å². The van der Waals surface area contributed by atoms with Crippen molar-refractivity contribution in [2.45, 2.75) is 11.3 Å². The van der Waals surface area contributed by atoms with Gasteiger partial charge in [0.1, 0.15) is 5.75 Å². The Bertz CT molecular complexity index is 970. The Morgan fingerprint density at radius 3 is 2.44 bits per heavy atom. The van der Waals surface area contributed by atoms with Gasteiger partial charge in [-0.05, 0) is 36.4 Å². The summed E-state index contributed by atoms with van der Waals surface area (Å²) in [4.78, 5) is 26.7. The lowest BCUT2D eigenvalue weighted by Crippen LogP contribution is -2.28. The summed E-state index contributed by atoms with van der Waals surface area (Å²) in [5, 5.41) is 2.74. The van der Waals surface area contributed by atoms with Gasteiger partial charge in [-0.2, -0.15) is 0 Å². The number of nitrogens with zero attached hydrogens (tertiary/aromatic N) is 1. The van der Waals surface area contributed by atoms with Crippen LogP contribution in [0.15, 0.2) is 53.4 Å². The molecule has 0 unspecified atom stereocenters. The molecule has 7 nitrogen and oxygen atoms in total. The lowest BCUT2D eigenvalue weighted by Gasteiger charge is -2.19. The third kappa shape index (κ3) is 4.11. The van der Waals surface area contributed by atoms with E-state index in [-0.39, 0.29) is 29.7 Å². The number of hydrogen-bond donors (Lipinski definition) is 1. The Balaban J connectivity index is 1.71. The number of methoxy groups -OCH3 is 1. The zero-order chi connectivity index (χ0) is 19.6. The molecule has 1 heterocycles. The fraction of sp³-hybridized carbons (Fsp3) is 0.263. The second-order valence-corrected chi connectivity index (χ2v) is 8.38. The third-order valence-corrected chi connectivity index (χ3v) is 5.55. The number of ether oxygens (including phenoxy) is 1. The van der Waals surface area contributed by atoms with Crippen LogP contribution < -0.4 is 15.0 Å². The van der Waals surface area contributed by atoms with Crippen molar-refractivity contribution in [1.29, 1.82) is 0 Å². The van der Waals surface area contributed by atoms with Gasteiger partial charge in [-0.1, -0.05) is 12.1 Å². The fourth-order valence-corrected chi connectivity index (χ4v) is 3.63. The van der Waals surface area contributed by atoms with Gasteiger partial charge < -0.3 is 15.0 Å². The van der Waals surface area contributed by atoms with Crippen molar-refractivity contribution in [1.82, 2.24) is 0 Å². The first kappa shape index (κ1) is 18.9. The number of rotatable bonds is 5. The molecule has 0 radical (unpaired) electrons. The molecule has 2 aromatic rings. The van der Waals surface area contributed by atoms with E-state index in [4.69, 9.17) is 4.74 Å². The standard InChI is InChI=1S/C19H20N2O5S/c1-26-17-6-4-3-5-16(17)21-12-13(11-18(21)22)19(23)20-14-7-9-15(10-8-14)27(2,24)25/h3-10,13H,11-12H2,1-2H3,(H,20,23)/t13-/m1/s1. The second-order valence-electron chi connectivity index (χ2n) is 6.36. The molecule has 142 valence electrons. The second kappa shape index (κ2) is 7.40. The topological polar surface area (TPSA) is 92.8 Å². The van der Waals surface area contributed by atoms with Gasteiger partial charge in [0.15, 0.2) is 9.84 Å². The Labute approximate surface area is 157 Å². The average molecular weight is 388 g/mol. The summed E-state index contributed by atoms with van der Waals surface area (Å²) >= 11 is 0. The molecule has 1 atom stereocenters. The molecule has 2 amide bonds. The summed E-state index contributed by atoms with van der Waals surface area (Å²) in [5.74, 6) is -0.361. The lowest BCUT2D eigenvalue weighted by molar-refractivity contribution is -0.122. The highest BCUT2D eigenvalue weighted by Crippen LogP contribution is 2.33. The van der Waals surface area contributed by atoms with Gasteiger partial charge in [-0.15, -0.1) is 0 Å². The fourth-order valence-electron chi connectivity index (χ4n) is 3.00. The van der Waals surface area contributed by atoms with Gasteiger partial charge in [-0.25, -0.2) is 8.42 Å². The molecule has 0 aromatic heterocycles. The first-order chi connectivity index (χ1) is 12.8. The average Bonchev–Trinajstić information content (AvgIpc) is 3.03. The van der Waals surface area contributed by atoms with Gasteiger partial charge in [0, 0.05) is 24.9 Å². The van der Waals surface area contributed by atoms with E-state index in [1.807, 2.05) is 12.1 Å². The van der Waals surface area contributed by atoms with Gasteiger partial charge in [-0.3, -0.25) is 9.59 Å². The minimum Gasteiger partial charge on any atom is -0.495 e. The largest absolute Gasteiger partial charge is 0.495 e. The number of amides is 2. The van der Waals surface area contributed by atoms with Gasteiger partial charge in [0.05, 0.1) is 23.6 Å². The molecule has 27 heavy (non-hydrogen) atoms. The third-order valence-electron chi connectivity index (χ3n) is 4.42. The van der Waals surface area contributed by atoms with E-state index in [9.17, 15) is 18.0 Å². The molecular formula is C19H20N2O5S. The Morgan fingerprint density at radius 2 is 1.81 bits per heavy atom. The molecule has 1 fully saturated rings. The van der Waals surface area contributed by atoms with Crippen molar-refractivity contribution in [3.05, 3.63) is 48.5 Å². The molecule has 0 spiro atoms. The quantitative estimate of drug-likeness (QED) is 0.847. The maximum absolute atomic E-state index is 12.5. The van der Waals surface area contributed by atoms with Crippen molar-refractivity contribution in [3.63, 3.8) is 0 Å². The number of benzene rings is 2. The molecular weight excluding hydrogens is 368 g/mol. The van der Waals surface area contributed by atoms with E-state index in [2.05, 4.69) is 5.32 Å². The normalized spacial score (nSPS) is 17.0. The van der Waals surface area contributed by atoms with Gasteiger partial charge in [0.25, 0.3) is 0 Å². The van der Waals surface area contributed by atoms with E-state index in [0.29, 0.717) is 17.1 Å². The molecule has 8 heteroatoms. The van der Waals surface area contributed by atoms with Crippen molar-refractivity contribution < 1.29 is 22.7 Å². The summed E-state index contributed by atoms with van der Waals surface area (Å²) in [5.41, 5.74) is 1.12. The highest BCUT2D eigenvalue weighted by molar-refractivity contribution is 7.90. The predicted octanol–water partition coefficient (Wildman–Crippen LogP) is 2.09. The van der Waals surface area contributed by atoms with Gasteiger partial charge in [0.2, 0.25) is 11.8 Å². The number of para-hydroxylation sites is 2. The number of anilines is 2. The zero-order valence-corrected chi connectivity index (χ0v) is 15.8. The van der Waals surface area contributed by atoms with Crippen LogP contribution in [0.1, 0.15) is 6.42 Å². The summed E-state index contributed by atoms with van der Waals surface area (Å²) in [6, 6.07) is 13.1. The summed E-state index contributed by atoms with van der Waals surface area (Å²) in [6.45, 7) is 0.256. The SMILES string of the molecule is COc1ccccc1N1C[C@H](C(=O)Nc2ccc(S(C)(=O)=O)cc2)CC1=O. The summed E-state index contributed by atoms with van der Waals surface area (Å²) in [7, 11) is -1.76. The zero-order valence-electron chi connectivity index (χ0n) is 15.0. The molecule has 1 saturated heterocycles. The molecule has 0 aliphatic carbocycles. The number of carbonyl (C=O) groups excluding carboxylic acids is 2. The van der Waals surface area contributed by atoms with Gasteiger partial charge >= 0.3 is 0 Å². The predicted molar refractivity (Wildman–Crippen MR) is 102 cm³/mol. The van der Waals surface area contributed by atoms with Crippen LogP contribution in [0.2, 0.25) is 0 Å². The van der Waals surface area contributed by atoms with E-state index < -0.39 is 15.8 Å². The van der Waals surface area contributed by atoms with Crippen molar-refractivity contribution in [3.8, 4) is 5.75 Å². The number of hydrogen-bond acceptors (Lipinski definition) is 5. The van der Waals surface area contributed by atoms with Crippen molar-refractivity contribution in [2.75, 3.05) is 30.1 Å². The van der Waals surface area contributed by atoms with Crippen LogP contribution in [0.5, 0.6) is 5.75 Å². The number of carbonyl (C=O) groups is 2. The highest BCUT2D eigenvalue weighted by atomic mass is 32.2. The van der Waals surface area contributed by atoms with E-state index in [1.165, 1.54) is 31.4 Å². The van der Waals surface area contributed by atoms with Crippen LogP contribution in [0.3, 0.4) is 0 Å². The maximum Gasteiger partial charge on any atom is 0.229 e. The summed E-state index contributed by atoms with van der Waals surface area (Å²) < 4.78 is 28.3. The van der Waals surface area contributed by atoms with Crippen molar-refractivity contribution in [2.24, 2.45) is 5.92 Å². The molecule has 2 aromatic carbocycles. The van der Waals surface area contributed by atoms with Crippen LogP contribution in [-0.4, -0.2) is 40.1 Å². The monoisotopic (exact) mass is 388 g/mol. The number of nitrogens with one attached hydrogen (secondary N) is 1. The minimum atomic E-state index is -3.29. The number of sulfone groups is 1. The van der Waals surface area contributed by atoms with Crippen LogP contribution in [0, 0.1) is 5.92 Å². The molecule has 1 N–H and O–H groups in total. The summed E-state index contributed by atoms with van der Waals surface area (Å²) in [6.07, 6.45) is 1.22. The van der Waals surface area contributed by atoms with Crippen LogP contribution in [-0.2, 0) is 19.4 Å².